The molecule has 0 saturated carbocycles. The van der Waals surface area contributed by atoms with Crippen molar-refractivity contribution in [3.8, 4) is 0 Å². The molecule has 15 heavy (non-hydrogen) atoms. The summed E-state index contributed by atoms with van der Waals surface area (Å²) in [5, 5.41) is 2.93. The van der Waals surface area contributed by atoms with Crippen LogP contribution in [-0.4, -0.2) is 24.8 Å². The van der Waals surface area contributed by atoms with Crippen LogP contribution in [0, 0.1) is 11.3 Å². The molecule has 0 spiro atoms. The van der Waals surface area contributed by atoms with Gasteiger partial charge in [-0.25, -0.2) is 8.78 Å². The molecule has 88 valence electrons. The number of hydrogen-bond acceptors (Lipinski definition) is 2. The molecule has 1 saturated heterocycles. The first-order valence-corrected chi connectivity index (χ1v) is 5.38. The summed E-state index contributed by atoms with van der Waals surface area (Å²) in [6, 6.07) is -0.236. The van der Waals surface area contributed by atoms with Crippen LogP contribution in [0.25, 0.3) is 0 Å². The Morgan fingerprint density at radius 2 is 1.93 bits per heavy atom. The van der Waals surface area contributed by atoms with Gasteiger partial charge in [-0.15, -0.1) is 0 Å². The van der Waals surface area contributed by atoms with Gasteiger partial charge in [-0.1, -0.05) is 20.8 Å². The Balaban J connectivity index is 2.48. The molecule has 4 heteroatoms. The Bertz CT molecular complexity index is 227. The minimum atomic E-state index is -2.27. The van der Waals surface area contributed by atoms with Gasteiger partial charge in [0.1, 0.15) is 0 Å². The van der Waals surface area contributed by atoms with Gasteiger partial charge in [0, 0.05) is 17.9 Å². The first-order valence-electron chi connectivity index (χ1n) is 5.38. The Labute approximate surface area is 89.4 Å². The van der Waals surface area contributed by atoms with E-state index in [-0.39, 0.29) is 18.4 Å². The van der Waals surface area contributed by atoms with Gasteiger partial charge in [-0.2, -0.15) is 0 Å². The molecule has 2 nitrogen and oxygen atoms in total. The van der Waals surface area contributed by atoms with E-state index in [1.165, 1.54) is 0 Å². The molecule has 0 amide bonds. The highest BCUT2D eigenvalue weighted by molar-refractivity contribution is 5.88. The summed E-state index contributed by atoms with van der Waals surface area (Å²) in [5.74, 6) is -0.468. The van der Waals surface area contributed by atoms with Crippen LogP contribution in [0.1, 0.15) is 33.6 Å². The van der Waals surface area contributed by atoms with Gasteiger partial charge in [0.15, 0.2) is 5.78 Å². The van der Waals surface area contributed by atoms with E-state index in [1.807, 2.05) is 20.8 Å². The minimum Gasteiger partial charge on any atom is -0.307 e. The highest BCUT2D eigenvalue weighted by atomic mass is 19.3. The minimum absolute atomic E-state index is 0.121. The van der Waals surface area contributed by atoms with Crippen LogP contribution < -0.4 is 5.32 Å². The third-order valence-corrected chi connectivity index (χ3v) is 2.86. The quantitative estimate of drug-likeness (QED) is 0.771. The summed E-state index contributed by atoms with van der Waals surface area (Å²) in [7, 11) is 0. The van der Waals surface area contributed by atoms with E-state index in [0.29, 0.717) is 12.8 Å². The number of carbonyl (C=O) groups is 1. The average molecular weight is 219 g/mol. The van der Waals surface area contributed by atoms with E-state index in [0.717, 1.165) is 0 Å². The standard InChI is InChI=1S/C11H19F2NO/c1-11(2,3)9(15)8-5-4-7(6-14-8)10(12)13/h7-8,10,14H,4-6H2,1-3H3. The van der Waals surface area contributed by atoms with Crippen LogP contribution in [0.4, 0.5) is 8.78 Å². The fourth-order valence-corrected chi connectivity index (χ4v) is 1.84. The number of Topliss-reactive ketones (excluding diaryl/α,β-unsaturated/α-hetero) is 1. The monoisotopic (exact) mass is 219 g/mol. The smallest absolute Gasteiger partial charge is 0.242 e. The number of alkyl halides is 2. The normalized spacial score (nSPS) is 28.1. The molecule has 2 atom stereocenters. The first kappa shape index (κ1) is 12.6. The molecule has 0 aromatic rings. The third-order valence-electron chi connectivity index (χ3n) is 2.86. The lowest BCUT2D eigenvalue weighted by atomic mass is 9.82. The second-order valence-electron chi connectivity index (χ2n) is 5.25. The van der Waals surface area contributed by atoms with Crippen LogP contribution in [0.15, 0.2) is 0 Å². The van der Waals surface area contributed by atoms with E-state index in [4.69, 9.17) is 0 Å². The van der Waals surface area contributed by atoms with E-state index < -0.39 is 17.8 Å². The van der Waals surface area contributed by atoms with Gasteiger partial charge in [0.2, 0.25) is 6.43 Å². The van der Waals surface area contributed by atoms with Gasteiger partial charge in [-0.3, -0.25) is 4.79 Å². The van der Waals surface area contributed by atoms with Gasteiger partial charge in [-0.05, 0) is 12.8 Å². The van der Waals surface area contributed by atoms with Crippen molar-refractivity contribution in [2.75, 3.05) is 6.54 Å². The lowest BCUT2D eigenvalue weighted by Crippen LogP contribution is -2.49. The molecule has 1 heterocycles. The van der Waals surface area contributed by atoms with Crippen molar-refractivity contribution in [2.24, 2.45) is 11.3 Å². The van der Waals surface area contributed by atoms with Crippen LogP contribution in [0.2, 0.25) is 0 Å². The number of halogens is 2. The molecule has 0 bridgehead atoms. The second-order valence-corrected chi connectivity index (χ2v) is 5.25. The molecule has 1 aliphatic heterocycles. The average Bonchev–Trinajstić information content (AvgIpc) is 2.15. The molecule has 1 rings (SSSR count). The number of nitrogens with one attached hydrogen (secondary N) is 1. The molecule has 0 aliphatic carbocycles. The maximum absolute atomic E-state index is 12.4. The zero-order valence-electron chi connectivity index (χ0n) is 9.52. The topological polar surface area (TPSA) is 29.1 Å². The van der Waals surface area contributed by atoms with Gasteiger partial charge in [0.05, 0.1) is 6.04 Å². The van der Waals surface area contributed by atoms with E-state index >= 15 is 0 Å². The third kappa shape index (κ3) is 3.23. The lowest BCUT2D eigenvalue weighted by molar-refractivity contribution is -0.129. The highest BCUT2D eigenvalue weighted by Crippen LogP contribution is 2.25. The summed E-state index contributed by atoms with van der Waals surface area (Å²) < 4.78 is 24.7. The summed E-state index contributed by atoms with van der Waals surface area (Å²) >= 11 is 0. The predicted molar refractivity (Wildman–Crippen MR) is 55.0 cm³/mol. The molecular weight excluding hydrogens is 200 g/mol. The predicted octanol–water partition coefficient (Wildman–Crippen LogP) is 2.23. The lowest BCUT2D eigenvalue weighted by Gasteiger charge is -2.32. The molecule has 2 unspecified atom stereocenters. The number of piperidine rings is 1. The molecule has 0 radical (unpaired) electrons. The van der Waals surface area contributed by atoms with Gasteiger partial charge >= 0.3 is 0 Å². The second kappa shape index (κ2) is 4.56. The van der Waals surface area contributed by atoms with Crippen molar-refractivity contribution < 1.29 is 13.6 Å². The van der Waals surface area contributed by atoms with Crippen LogP contribution in [-0.2, 0) is 4.79 Å². The van der Waals surface area contributed by atoms with Crippen LogP contribution >= 0.6 is 0 Å². The van der Waals surface area contributed by atoms with Gasteiger partial charge in [0.25, 0.3) is 0 Å². The van der Waals surface area contributed by atoms with E-state index in [9.17, 15) is 13.6 Å². The molecule has 0 aromatic carbocycles. The zero-order chi connectivity index (χ0) is 11.6. The van der Waals surface area contributed by atoms with Gasteiger partial charge < -0.3 is 5.32 Å². The van der Waals surface area contributed by atoms with Crippen molar-refractivity contribution in [1.29, 1.82) is 0 Å². The molecular formula is C11H19F2NO. The SMILES string of the molecule is CC(C)(C)C(=O)C1CCC(C(F)F)CN1. The summed E-state index contributed by atoms with van der Waals surface area (Å²) in [6.45, 7) is 5.83. The zero-order valence-corrected chi connectivity index (χ0v) is 9.52. The maximum Gasteiger partial charge on any atom is 0.242 e. The number of rotatable bonds is 2. The van der Waals surface area contributed by atoms with Crippen LogP contribution in [0.5, 0.6) is 0 Å². The number of hydrogen-bond donors (Lipinski definition) is 1. The highest BCUT2D eigenvalue weighted by Gasteiger charge is 2.34. The Hall–Kier alpha value is -0.510. The van der Waals surface area contributed by atoms with Crippen molar-refractivity contribution in [1.82, 2.24) is 5.32 Å². The molecule has 1 N–H and O–H groups in total. The van der Waals surface area contributed by atoms with Crippen molar-refractivity contribution in [3.05, 3.63) is 0 Å². The van der Waals surface area contributed by atoms with Crippen molar-refractivity contribution in [3.63, 3.8) is 0 Å². The molecule has 1 aliphatic rings. The summed E-state index contributed by atoms with van der Waals surface area (Å²) in [4.78, 5) is 11.8. The van der Waals surface area contributed by atoms with E-state index in [1.54, 1.807) is 0 Å². The Morgan fingerprint density at radius 1 is 1.33 bits per heavy atom. The van der Waals surface area contributed by atoms with E-state index in [2.05, 4.69) is 5.32 Å². The van der Waals surface area contributed by atoms with Crippen molar-refractivity contribution >= 4 is 5.78 Å². The Morgan fingerprint density at radius 3 is 2.27 bits per heavy atom. The number of carbonyl (C=O) groups excluding carboxylic acids is 1. The Kier molecular flexibility index (Phi) is 3.82. The largest absolute Gasteiger partial charge is 0.307 e. The maximum atomic E-state index is 12.4. The molecule has 0 aromatic heterocycles. The fraction of sp³-hybridized carbons (Fsp3) is 0.909. The molecule has 1 fully saturated rings. The summed E-state index contributed by atoms with van der Waals surface area (Å²) in [6.07, 6.45) is -1.30. The first-order chi connectivity index (χ1) is 6.82. The van der Waals surface area contributed by atoms with Crippen molar-refractivity contribution in [2.45, 2.75) is 46.1 Å². The summed E-state index contributed by atoms with van der Waals surface area (Å²) in [5.41, 5.74) is -0.394. The van der Waals surface area contributed by atoms with Crippen LogP contribution in [0.3, 0.4) is 0 Å². The number of ketones is 1. The fourth-order valence-electron chi connectivity index (χ4n) is 1.84.